The normalized spacial score (nSPS) is 12.9. The van der Waals surface area contributed by atoms with E-state index in [1.807, 2.05) is 97.1 Å². The van der Waals surface area contributed by atoms with Crippen molar-refractivity contribution in [3.8, 4) is 73.6 Å². The molecule has 0 saturated carbocycles. The van der Waals surface area contributed by atoms with Crippen molar-refractivity contribution in [3.05, 3.63) is 205 Å². The molecule has 1 aliphatic rings. The predicted octanol–water partition coefficient (Wildman–Crippen LogP) is 14.3. The molecular formula is C58H38N6O. The third kappa shape index (κ3) is 5.72. The smallest absolute Gasteiger partial charge is 0.180 e. The first-order valence-electron chi connectivity index (χ1n) is 21.9. The summed E-state index contributed by atoms with van der Waals surface area (Å²) < 4.78 is 8.93. The fourth-order valence-corrected chi connectivity index (χ4v) is 9.98. The van der Waals surface area contributed by atoms with Crippen LogP contribution < -0.4 is 0 Å². The average Bonchev–Trinajstić information content (AvgIpc) is 3.99. The van der Waals surface area contributed by atoms with E-state index in [1.54, 1.807) is 0 Å². The van der Waals surface area contributed by atoms with Gasteiger partial charge in [0.15, 0.2) is 28.9 Å². The molecule has 0 saturated heterocycles. The molecule has 7 nitrogen and oxygen atoms in total. The van der Waals surface area contributed by atoms with E-state index >= 15 is 0 Å². The van der Waals surface area contributed by atoms with Gasteiger partial charge in [-0.3, -0.25) is 0 Å². The van der Waals surface area contributed by atoms with Gasteiger partial charge in [-0.25, -0.2) is 24.9 Å². The third-order valence-electron chi connectivity index (χ3n) is 13.1. The lowest BCUT2D eigenvalue weighted by atomic mass is 9.82. The van der Waals surface area contributed by atoms with Crippen molar-refractivity contribution in [1.29, 1.82) is 0 Å². The maximum Gasteiger partial charge on any atom is 0.180 e. The minimum Gasteiger partial charge on any atom is -0.452 e. The quantitative estimate of drug-likeness (QED) is 0.166. The molecule has 0 atom stereocenters. The highest BCUT2D eigenvalue weighted by Crippen LogP contribution is 2.53. The number of hydrogen-bond acceptors (Lipinski definition) is 6. The van der Waals surface area contributed by atoms with E-state index in [9.17, 15) is 0 Å². The molecule has 0 amide bonds. The molecule has 0 aliphatic heterocycles. The van der Waals surface area contributed by atoms with Gasteiger partial charge in [0.1, 0.15) is 16.8 Å². The lowest BCUT2D eigenvalue weighted by Crippen LogP contribution is -2.14. The fourth-order valence-electron chi connectivity index (χ4n) is 9.98. The van der Waals surface area contributed by atoms with Crippen LogP contribution in [0.15, 0.2) is 199 Å². The van der Waals surface area contributed by atoms with E-state index in [4.69, 9.17) is 29.3 Å². The molecule has 0 N–H and O–H groups in total. The summed E-state index contributed by atoms with van der Waals surface area (Å²) >= 11 is 0. The van der Waals surface area contributed by atoms with E-state index in [-0.39, 0.29) is 5.41 Å². The summed E-state index contributed by atoms with van der Waals surface area (Å²) in [5.41, 5.74) is 15.3. The number of aromatic nitrogens is 6. The first-order chi connectivity index (χ1) is 32.0. The molecule has 8 aromatic carbocycles. The summed E-state index contributed by atoms with van der Waals surface area (Å²) in [5, 5.41) is 3.28. The molecule has 0 radical (unpaired) electrons. The zero-order valence-corrected chi connectivity index (χ0v) is 35.6. The number of benzene rings is 8. The molecule has 4 aromatic heterocycles. The summed E-state index contributed by atoms with van der Waals surface area (Å²) in [4.78, 5) is 26.4. The summed E-state index contributed by atoms with van der Waals surface area (Å²) in [7, 11) is 0. The average molecular weight is 835 g/mol. The van der Waals surface area contributed by atoms with Gasteiger partial charge in [-0.05, 0) is 53.1 Å². The number of nitrogens with zero attached hydrogens (tertiary/aromatic N) is 6. The molecule has 0 unspecified atom stereocenters. The first-order valence-corrected chi connectivity index (χ1v) is 21.9. The van der Waals surface area contributed by atoms with Crippen molar-refractivity contribution in [2.45, 2.75) is 19.3 Å². The van der Waals surface area contributed by atoms with Crippen LogP contribution in [0.2, 0.25) is 0 Å². The van der Waals surface area contributed by atoms with Crippen molar-refractivity contribution in [3.63, 3.8) is 0 Å². The van der Waals surface area contributed by atoms with E-state index < -0.39 is 0 Å². The number of para-hydroxylation sites is 2. The zero-order valence-electron chi connectivity index (χ0n) is 35.6. The van der Waals surface area contributed by atoms with Crippen LogP contribution in [-0.2, 0) is 5.41 Å². The fraction of sp³-hybridized carbons (Fsp3) is 0.0517. The van der Waals surface area contributed by atoms with Crippen LogP contribution in [0.4, 0.5) is 0 Å². The van der Waals surface area contributed by atoms with Crippen LogP contribution >= 0.6 is 0 Å². The number of fused-ring (bicyclic) bond motifs is 10. The molecule has 65 heavy (non-hydrogen) atoms. The predicted molar refractivity (Wildman–Crippen MR) is 262 cm³/mol. The summed E-state index contributed by atoms with van der Waals surface area (Å²) in [6.45, 7) is 4.67. The Morgan fingerprint density at radius 1 is 0.431 bits per heavy atom. The van der Waals surface area contributed by atoms with Crippen LogP contribution in [-0.4, -0.2) is 29.5 Å². The second kappa shape index (κ2) is 14.2. The van der Waals surface area contributed by atoms with Gasteiger partial charge in [0.05, 0.1) is 16.7 Å². The van der Waals surface area contributed by atoms with Crippen LogP contribution in [0.3, 0.4) is 0 Å². The lowest BCUT2D eigenvalue weighted by Gasteiger charge is -2.21. The van der Waals surface area contributed by atoms with Gasteiger partial charge in [0.25, 0.3) is 0 Å². The summed E-state index contributed by atoms with van der Waals surface area (Å²) in [5.74, 6) is 2.26. The van der Waals surface area contributed by atoms with Crippen molar-refractivity contribution in [2.75, 3.05) is 0 Å². The molecule has 0 fully saturated rings. The van der Waals surface area contributed by atoms with Crippen molar-refractivity contribution >= 4 is 43.9 Å². The van der Waals surface area contributed by atoms with Crippen LogP contribution in [0.5, 0.6) is 0 Å². The Labute approximate surface area is 374 Å². The van der Waals surface area contributed by atoms with Crippen molar-refractivity contribution in [1.82, 2.24) is 29.5 Å². The highest BCUT2D eigenvalue weighted by Gasteiger charge is 2.38. The standard InChI is InChI=1S/C58H38N6O/c1-58(2)44-27-15-12-25-41(44)49-45(58)32-31-40-39-24-13-16-28-46(39)64(52(40)49)47-33-30-38(56-59-50(35-18-6-3-7-19-35)53-51(60-56)42-26-14-17-29-48(42)65-53)34-43(47)57-62-54(36-20-8-4-9-21-36)61-55(63-57)37-22-10-5-11-23-37/h3-34H,1-2H3. The minimum absolute atomic E-state index is 0.193. The molecule has 1 aliphatic carbocycles. The number of furan rings is 1. The third-order valence-corrected chi connectivity index (χ3v) is 13.1. The van der Waals surface area contributed by atoms with E-state index in [0.29, 0.717) is 28.9 Å². The van der Waals surface area contributed by atoms with E-state index in [0.717, 1.165) is 66.7 Å². The molecular weight excluding hydrogens is 797 g/mol. The Bertz CT molecular complexity index is 3800. The summed E-state index contributed by atoms with van der Waals surface area (Å²) in [6.07, 6.45) is 0. The van der Waals surface area contributed by atoms with Gasteiger partial charge >= 0.3 is 0 Å². The molecule has 306 valence electrons. The monoisotopic (exact) mass is 834 g/mol. The first kappa shape index (κ1) is 37.0. The molecule has 13 rings (SSSR count). The van der Waals surface area contributed by atoms with E-state index in [1.165, 1.54) is 33.0 Å². The molecule has 12 aromatic rings. The SMILES string of the molecule is CC1(C)c2ccccc2-c2c1ccc1c3ccccc3n(-c3ccc(-c4nc(-c5ccccc5)c5oc6ccccc6c5n4)cc3-c3nc(-c4ccccc4)nc(-c4ccccc4)n3)c21. The zero-order chi connectivity index (χ0) is 43.2. The highest BCUT2D eigenvalue weighted by molar-refractivity contribution is 6.16. The Hall–Kier alpha value is -8.55. The number of hydrogen-bond donors (Lipinski definition) is 0. The Morgan fingerprint density at radius 2 is 1.03 bits per heavy atom. The van der Waals surface area contributed by atoms with Gasteiger partial charge in [-0.2, -0.15) is 0 Å². The minimum atomic E-state index is -0.193. The Kier molecular flexibility index (Phi) is 8.12. The Balaban J connectivity index is 1.15. The topological polar surface area (TPSA) is 82.5 Å². The molecule has 0 bridgehead atoms. The van der Waals surface area contributed by atoms with Gasteiger partial charge in [0.2, 0.25) is 0 Å². The lowest BCUT2D eigenvalue weighted by molar-refractivity contribution is 0.661. The van der Waals surface area contributed by atoms with Gasteiger partial charge in [-0.1, -0.05) is 172 Å². The van der Waals surface area contributed by atoms with Crippen LogP contribution in [0.1, 0.15) is 25.0 Å². The number of rotatable bonds is 6. The summed E-state index contributed by atoms with van der Waals surface area (Å²) in [6, 6.07) is 67.2. The maximum atomic E-state index is 6.50. The van der Waals surface area contributed by atoms with Gasteiger partial charge in [0, 0.05) is 55.0 Å². The van der Waals surface area contributed by atoms with Gasteiger partial charge in [-0.15, -0.1) is 0 Å². The molecule has 0 spiro atoms. The maximum absolute atomic E-state index is 6.50. The van der Waals surface area contributed by atoms with Crippen molar-refractivity contribution < 1.29 is 4.42 Å². The van der Waals surface area contributed by atoms with E-state index in [2.05, 4.69) is 115 Å². The molecule has 7 heteroatoms. The second-order valence-corrected chi connectivity index (χ2v) is 17.2. The second-order valence-electron chi connectivity index (χ2n) is 17.2. The highest BCUT2D eigenvalue weighted by atomic mass is 16.3. The van der Waals surface area contributed by atoms with Crippen LogP contribution in [0, 0.1) is 0 Å². The largest absolute Gasteiger partial charge is 0.452 e. The van der Waals surface area contributed by atoms with Crippen molar-refractivity contribution in [2.24, 2.45) is 0 Å². The Morgan fingerprint density at radius 3 is 1.77 bits per heavy atom. The van der Waals surface area contributed by atoms with Gasteiger partial charge < -0.3 is 8.98 Å². The molecule has 4 heterocycles. The van der Waals surface area contributed by atoms with Crippen LogP contribution in [0.25, 0.3) is 117 Å².